The third-order valence-electron chi connectivity index (χ3n) is 3.04. The first-order valence-corrected chi connectivity index (χ1v) is 6.79. The Morgan fingerprint density at radius 1 is 1.56 bits per heavy atom. The van der Waals surface area contributed by atoms with Crippen molar-refractivity contribution >= 4 is 5.91 Å². The highest BCUT2D eigenvalue weighted by molar-refractivity contribution is 5.76. The van der Waals surface area contributed by atoms with Gasteiger partial charge in [-0.1, -0.05) is 0 Å². The molecule has 5 heteroatoms. The number of nitrogens with one attached hydrogen (secondary N) is 2. The molecule has 1 amide bonds. The fourth-order valence-electron chi connectivity index (χ4n) is 1.80. The Kier molecular flexibility index (Phi) is 4.75. The van der Waals surface area contributed by atoms with E-state index < -0.39 is 0 Å². The molecule has 0 spiro atoms. The zero-order chi connectivity index (χ0) is 12.8. The molecule has 0 aromatic carbocycles. The van der Waals surface area contributed by atoms with Crippen LogP contribution in [0.2, 0.25) is 0 Å². The molecule has 1 aliphatic carbocycles. The molecule has 2 rings (SSSR count). The average Bonchev–Trinajstić information content (AvgIpc) is 3.05. The number of amides is 1. The lowest BCUT2D eigenvalue weighted by Gasteiger charge is -2.04. The molecular weight excluding hydrogens is 228 g/mol. The number of aryl methyl sites for hydroxylation is 1. The third kappa shape index (κ3) is 4.49. The van der Waals surface area contributed by atoms with Gasteiger partial charge in [-0.2, -0.15) is 5.10 Å². The van der Waals surface area contributed by atoms with Crippen LogP contribution in [0, 0.1) is 0 Å². The van der Waals surface area contributed by atoms with Crippen LogP contribution in [0.15, 0.2) is 12.4 Å². The molecule has 0 atom stereocenters. The molecule has 0 unspecified atom stereocenters. The molecule has 1 fully saturated rings. The van der Waals surface area contributed by atoms with Crippen molar-refractivity contribution in [2.24, 2.45) is 0 Å². The average molecular weight is 250 g/mol. The van der Waals surface area contributed by atoms with Gasteiger partial charge in [-0.15, -0.1) is 0 Å². The maximum Gasteiger partial charge on any atom is 0.220 e. The van der Waals surface area contributed by atoms with Crippen LogP contribution in [0.5, 0.6) is 0 Å². The predicted molar refractivity (Wildman–Crippen MR) is 70.0 cm³/mol. The van der Waals surface area contributed by atoms with Crippen molar-refractivity contribution in [1.29, 1.82) is 0 Å². The Labute approximate surface area is 108 Å². The van der Waals surface area contributed by atoms with Crippen molar-refractivity contribution in [1.82, 2.24) is 20.4 Å². The van der Waals surface area contributed by atoms with Crippen LogP contribution in [0.25, 0.3) is 0 Å². The summed E-state index contributed by atoms with van der Waals surface area (Å²) in [5.74, 6) is 0.193. The normalized spacial score (nSPS) is 14.7. The van der Waals surface area contributed by atoms with E-state index in [-0.39, 0.29) is 5.91 Å². The van der Waals surface area contributed by atoms with E-state index in [0.717, 1.165) is 38.9 Å². The Bertz CT molecular complexity index is 384. The van der Waals surface area contributed by atoms with Crippen LogP contribution in [-0.2, 0) is 17.9 Å². The van der Waals surface area contributed by atoms with Crippen LogP contribution in [0.1, 0.15) is 38.2 Å². The molecule has 100 valence electrons. The molecule has 1 heterocycles. The summed E-state index contributed by atoms with van der Waals surface area (Å²) >= 11 is 0. The van der Waals surface area contributed by atoms with Gasteiger partial charge in [0.15, 0.2) is 0 Å². The van der Waals surface area contributed by atoms with E-state index in [4.69, 9.17) is 0 Å². The number of aromatic nitrogens is 2. The van der Waals surface area contributed by atoms with Crippen molar-refractivity contribution < 1.29 is 4.79 Å². The molecular formula is C13H22N4O. The molecule has 1 aromatic rings. The SMILES string of the molecule is CCn1cc(CNCCCC(=O)NC2CC2)cn1. The van der Waals surface area contributed by atoms with Crippen LogP contribution in [-0.4, -0.2) is 28.3 Å². The van der Waals surface area contributed by atoms with Gasteiger partial charge in [0.25, 0.3) is 0 Å². The topological polar surface area (TPSA) is 59.0 Å². The van der Waals surface area contributed by atoms with E-state index >= 15 is 0 Å². The fourth-order valence-corrected chi connectivity index (χ4v) is 1.80. The maximum absolute atomic E-state index is 11.4. The van der Waals surface area contributed by atoms with Gasteiger partial charge in [0.1, 0.15) is 0 Å². The number of carbonyl (C=O) groups excluding carboxylic acids is 1. The summed E-state index contributed by atoms with van der Waals surface area (Å²) < 4.78 is 1.92. The van der Waals surface area contributed by atoms with Crippen molar-refractivity contribution in [3.63, 3.8) is 0 Å². The molecule has 0 aliphatic heterocycles. The van der Waals surface area contributed by atoms with Crippen molar-refractivity contribution in [2.45, 2.75) is 51.7 Å². The van der Waals surface area contributed by atoms with Gasteiger partial charge < -0.3 is 10.6 Å². The van der Waals surface area contributed by atoms with Gasteiger partial charge in [0, 0.05) is 37.3 Å². The van der Waals surface area contributed by atoms with Gasteiger partial charge in [-0.25, -0.2) is 0 Å². The minimum atomic E-state index is 0.193. The smallest absolute Gasteiger partial charge is 0.220 e. The Morgan fingerprint density at radius 3 is 3.06 bits per heavy atom. The van der Waals surface area contributed by atoms with Gasteiger partial charge in [-0.3, -0.25) is 9.48 Å². The lowest BCUT2D eigenvalue weighted by Crippen LogP contribution is -2.26. The number of nitrogens with zero attached hydrogens (tertiary/aromatic N) is 2. The number of carbonyl (C=O) groups is 1. The highest BCUT2D eigenvalue weighted by Gasteiger charge is 2.22. The lowest BCUT2D eigenvalue weighted by molar-refractivity contribution is -0.121. The second-order valence-corrected chi connectivity index (χ2v) is 4.83. The van der Waals surface area contributed by atoms with Gasteiger partial charge >= 0.3 is 0 Å². The predicted octanol–water partition coefficient (Wildman–Crippen LogP) is 1.05. The maximum atomic E-state index is 11.4. The Hall–Kier alpha value is -1.36. The van der Waals surface area contributed by atoms with E-state index in [2.05, 4.69) is 22.7 Å². The van der Waals surface area contributed by atoms with Gasteiger partial charge in [0.05, 0.1) is 6.20 Å². The highest BCUT2D eigenvalue weighted by Crippen LogP contribution is 2.18. The highest BCUT2D eigenvalue weighted by atomic mass is 16.1. The monoisotopic (exact) mass is 250 g/mol. The van der Waals surface area contributed by atoms with Crippen LogP contribution < -0.4 is 10.6 Å². The summed E-state index contributed by atoms with van der Waals surface area (Å²) in [6, 6.07) is 0.477. The quantitative estimate of drug-likeness (QED) is 0.678. The second-order valence-electron chi connectivity index (χ2n) is 4.83. The summed E-state index contributed by atoms with van der Waals surface area (Å²) in [6.45, 7) is 4.67. The summed E-state index contributed by atoms with van der Waals surface area (Å²) in [5, 5.41) is 10.5. The largest absolute Gasteiger partial charge is 0.353 e. The molecule has 0 saturated heterocycles. The van der Waals surface area contributed by atoms with E-state index in [9.17, 15) is 4.79 Å². The first kappa shape index (κ1) is 13.1. The van der Waals surface area contributed by atoms with E-state index in [1.807, 2.05) is 17.1 Å². The van der Waals surface area contributed by atoms with E-state index in [1.54, 1.807) is 0 Å². The van der Waals surface area contributed by atoms with Crippen LogP contribution >= 0.6 is 0 Å². The summed E-state index contributed by atoms with van der Waals surface area (Å²) in [7, 11) is 0. The molecule has 1 aromatic heterocycles. The van der Waals surface area contributed by atoms with Gasteiger partial charge in [-0.05, 0) is 32.7 Å². The standard InChI is InChI=1S/C13H22N4O/c1-2-17-10-11(9-15-17)8-14-7-3-4-13(18)16-12-5-6-12/h9-10,12,14H,2-8H2,1H3,(H,16,18). The number of rotatable bonds is 8. The van der Waals surface area contributed by atoms with Crippen molar-refractivity contribution in [2.75, 3.05) is 6.54 Å². The van der Waals surface area contributed by atoms with E-state index in [1.165, 1.54) is 5.56 Å². The lowest BCUT2D eigenvalue weighted by atomic mass is 10.3. The molecule has 1 saturated carbocycles. The molecule has 2 N–H and O–H groups in total. The minimum Gasteiger partial charge on any atom is -0.353 e. The minimum absolute atomic E-state index is 0.193. The van der Waals surface area contributed by atoms with Crippen LogP contribution in [0.4, 0.5) is 0 Å². The number of hydrogen-bond donors (Lipinski definition) is 2. The fraction of sp³-hybridized carbons (Fsp3) is 0.692. The summed E-state index contributed by atoms with van der Waals surface area (Å²) in [6.07, 6.45) is 7.76. The van der Waals surface area contributed by atoms with Gasteiger partial charge in [0.2, 0.25) is 5.91 Å². The summed E-state index contributed by atoms with van der Waals surface area (Å²) in [5.41, 5.74) is 1.19. The van der Waals surface area contributed by atoms with Crippen molar-refractivity contribution in [3.05, 3.63) is 18.0 Å². The molecule has 5 nitrogen and oxygen atoms in total. The first-order valence-electron chi connectivity index (χ1n) is 6.79. The van der Waals surface area contributed by atoms with Crippen LogP contribution in [0.3, 0.4) is 0 Å². The Balaban J connectivity index is 1.51. The molecule has 18 heavy (non-hydrogen) atoms. The molecule has 0 radical (unpaired) electrons. The number of hydrogen-bond acceptors (Lipinski definition) is 3. The first-order chi connectivity index (χ1) is 8.78. The van der Waals surface area contributed by atoms with Crippen molar-refractivity contribution in [3.8, 4) is 0 Å². The third-order valence-corrected chi connectivity index (χ3v) is 3.04. The van der Waals surface area contributed by atoms with E-state index in [0.29, 0.717) is 12.5 Å². The molecule has 0 bridgehead atoms. The molecule has 1 aliphatic rings. The zero-order valence-corrected chi connectivity index (χ0v) is 11.0. The Morgan fingerprint density at radius 2 is 2.39 bits per heavy atom. The zero-order valence-electron chi connectivity index (χ0n) is 11.0. The second kappa shape index (κ2) is 6.54. The summed E-state index contributed by atoms with van der Waals surface area (Å²) in [4.78, 5) is 11.4.